The highest BCUT2D eigenvalue weighted by Crippen LogP contribution is 2.14. The van der Waals surface area contributed by atoms with Gasteiger partial charge in [-0.15, -0.1) is 0 Å². The van der Waals surface area contributed by atoms with Gasteiger partial charge >= 0.3 is 0 Å². The molecule has 0 saturated heterocycles. The van der Waals surface area contributed by atoms with Crippen LogP contribution in [0.4, 0.5) is 5.82 Å². The molecule has 0 unspecified atom stereocenters. The highest BCUT2D eigenvalue weighted by Gasteiger charge is 2.08. The molecule has 0 aliphatic rings. The van der Waals surface area contributed by atoms with Gasteiger partial charge in [-0.25, -0.2) is 13.4 Å². The SMILES string of the molecule is C[C@H](O)c1ccc(N(C)CCS(C)(=O)=O)nc1. The highest BCUT2D eigenvalue weighted by molar-refractivity contribution is 7.90. The summed E-state index contributed by atoms with van der Waals surface area (Å²) >= 11 is 0. The largest absolute Gasteiger partial charge is 0.389 e. The van der Waals surface area contributed by atoms with Gasteiger partial charge in [0.1, 0.15) is 15.7 Å². The van der Waals surface area contributed by atoms with E-state index in [0.717, 1.165) is 5.56 Å². The van der Waals surface area contributed by atoms with Gasteiger partial charge in [0.05, 0.1) is 11.9 Å². The Bertz CT molecular complexity index is 454. The van der Waals surface area contributed by atoms with Gasteiger partial charge in [-0.05, 0) is 18.6 Å². The molecule has 1 aromatic heterocycles. The minimum absolute atomic E-state index is 0.101. The molecular weight excluding hydrogens is 240 g/mol. The number of aliphatic hydroxyl groups is 1. The molecule has 1 atom stereocenters. The zero-order valence-electron chi connectivity index (χ0n) is 10.3. The lowest BCUT2D eigenvalue weighted by atomic mass is 10.2. The zero-order chi connectivity index (χ0) is 13.1. The number of anilines is 1. The first-order valence-corrected chi connectivity index (χ1v) is 7.38. The Kier molecular flexibility index (Phi) is 4.47. The second-order valence-corrected chi connectivity index (χ2v) is 6.44. The van der Waals surface area contributed by atoms with Crippen molar-refractivity contribution in [2.24, 2.45) is 0 Å². The van der Waals surface area contributed by atoms with Crippen molar-refractivity contribution >= 4 is 15.7 Å². The summed E-state index contributed by atoms with van der Waals surface area (Å²) in [6, 6.07) is 3.55. The first-order valence-electron chi connectivity index (χ1n) is 5.32. The summed E-state index contributed by atoms with van der Waals surface area (Å²) in [5, 5.41) is 9.33. The van der Waals surface area contributed by atoms with E-state index in [2.05, 4.69) is 4.98 Å². The van der Waals surface area contributed by atoms with Crippen LogP contribution < -0.4 is 4.90 Å². The van der Waals surface area contributed by atoms with Crippen molar-refractivity contribution < 1.29 is 13.5 Å². The molecule has 17 heavy (non-hydrogen) atoms. The summed E-state index contributed by atoms with van der Waals surface area (Å²) in [6.07, 6.45) is 2.26. The van der Waals surface area contributed by atoms with Crippen molar-refractivity contribution in [2.75, 3.05) is 30.5 Å². The van der Waals surface area contributed by atoms with Gasteiger partial charge in [-0.1, -0.05) is 6.07 Å². The van der Waals surface area contributed by atoms with E-state index >= 15 is 0 Å². The molecular formula is C11H18N2O3S. The maximum Gasteiger partial charge on any atom is 0.149 e. The molecule has 1 aromatic rings. The number of hydrogen-bond acceptors (Lipinski definition) is 5. The molecule has 1 N–H and O–H groups in total. The van der Waals surface area contributed by atoms with Crippen molar-refractivity contribution in [3.8, 4) is 0 Å². The second kappa shape index (κ2) is 5.46. The fourth-order valence-electron chi connectivity index (χ4n) is 1.29. The number of pyridine rings is 1. The monoisotopic (exact) mass is 258 g/mol. The standard InChI is InChI=1S/C11H18N2O3S/c1-9(14)10-4-5-11(12-8-10)13(2)6-7-17(3,15)16/h4-5,8-9,14H,6-7H2,1-3H3/t9-/m0/s1. The van der Waals surface area contributed by atoms with Crippen LogP contribution in [0.1, 0.15) is 18.6 Å². The van der Waals surface area contributed by atoms with E-state index in [1.54, 1.807) is 37.2 Å². The number of sulfone groups is 1. The Labute approximate surface area is 102 Å². The van der Waals surface area contributed by atoms with E-state index in [9.17, 15) is 13.5 Å². The van der Waals surface area contributed by atoms with E-state index in [0.29, 0.717) is 12.4 Å². The van der Waals surface area contributed by atoms with E-state index in [4.69, 9.17) is 0 Å². The van der Waals surface area contributed by atoms with Crippen LogP contribution in [0.15, 0.2) is 18.3 Å². The molecule has 0 aromatic carbocycles. The van der Waals surface area contributed by atoms with Crippen molar-refractivity contribution in [1.82, 2.24) is 4.98 Å². The summed E-state index contributed by atoms with van der Waals surface area (Å²) in [4.78, 5) is 5.94. The third-order valence-electron chi connectivity index (χ3n) is 2.44. The third kappa shape index (κ3) is 4.70. The summed E-state index contributed by atoms with van der Waals surface area (Å²) < 4.78 is 22.1. The maximum absolute atomic E-state index is 11.0. The van der Waals surface area contributed by atoms with Gasteiger partial charge in [-0.3, -0.25) is 0 Å². The topological polar surface area (TPSA) is 70.5 Å². The molecule has 1 rings (SSSR count). The molecule has 1 heterocycles. The summed E-state index contributed by atoms with van der Waals surface area (Å²) in [5.41, 5.74) is 0.741. The van der Waals surface area contributed by atoms with Crippen LogP contribution in [0.25, 0.3) is 0 Å². The molecule has 0 fully saturated rings. The minimum Gasteiger partial charge on any atom is -0.389 e. The quantitative estimate of drug-likeness (QED) is 0.838. The number of aromatic nitrogens is 1. The normalized spacial score (nSPS) is 13.4. The van der Waals surface area contributed by atoms with Crippen LogP contribution in [-0.2, 0) is 9.84 Å². The van der Waals surface area contributed by atoms with Crippen molar-refractivity contribution in [1.29, 1.82) is 0 Å². The minimum atomic E-state index is -2.96. The molecule has 0 spiro atoms. The van der Waals surface area contributed by atoms with Crippen LogP contribution in [0.2, 0.25) is 0 Å². The van der Waals surface area contributed by atoms with Crippen molar-refractivity contribution in [3.63, 3.8) is 0 Å². The van der Waals surface area contributed by atoms with Crippen LogP contribution in [0.3, 0.4) is 0 Å². The summed E-state index contributed by atoms with van der Waals surface area (Å²) in [7, 11) is -1.17. The predicted octanol–water partition coefficient (Wildman–Crippen LogP) is 0.616. The fourth-order valence-corrected chi connectivity index (χ4v) is 1.89. The number of aliphatic hydroxyl groups excluding tert-OH is 1. The highest BCUT2D eigenvalue weighted by atomic mass is 32.2. The Hall–Kier alpha value is -1.14. The molecule has 0 aliphatic heterocycles. The molecule has 0 aliphatic carbocycles. The van der Waals surface area contributed by atoms with Gasteiger partial charge < -0.3 is 10.0 Å². The Morgan fingerprint density at radius 3 is 2.53 bits per heavy atom. The second-order valence-electron chi connectivity index (χ2n) is 4.18. The molecule has 0 radical (unpaired) electrons. The lowest BCUT2D eigenvalue weighted by Crippen LogP contribution is -2.25. The number of nitrogens with zero attached hydrogens (tertiary/aromatic N) is 2. The molecule has 96 valence electrons. The van der Waals surface area contributed by atoms with Crippen molar-refractivity contribution in [3.05, 3.63) is 23.9 Å². The lowest BCUT2D eigenvalue weighted by molar-refractivity contribution is 0.199. The average Bonchev–Trinajstić information content (AvgIpc) is 2.25. The van der Waals surface area contributed by atoms with E-state index in [1.165, 1.54) is 6.26 Å². The van der Waals surface area contributed by atoms with Crippen LogP contribution in [0.5, 0.6) is 0 Å². The molecule has 0 amide bonds. The first kappa shape index (κ1) is 13.9. The van der Waals surface area contributed by atoms with Gasteiger partial charge in [0.15, 0.2) is 0 Å². The fraction of sp³-hybridized carbons (Fsp3) is 0.545. The van der Waals surface area contributed by atoms with Crippen LogP contribution >= 0.6 is 0 Å². The van der Waals surface area contributed by atoms with Gasteiger partial charge in [0.25, 0.3) is 0 Å². The Morgan fingerprint density at radius 2 is 2.12 bits per heavy atom. The van der Waals surface area contributed by atoms with Crippen LogP contribution in [0, 0.1) is 0 Å². The average molecular weight is 258 g/mol. The lowest BCUT2D eigenvalue weighted by Gasteiger charge is -2.17. The number of hydrogen-bond donors (Lipinski definition) is 1. The molecule has 6 heteroatoms. The Balaban J connectivity index is 2.67. The number of rotatable bonds is 5. The Morgan fingerprint density at radius 1 is 1.47 bits per heavy atom. The van der Waals surface area contributed by atoms with E-state index in [-0.39, 0.29) is 5.75 Å². The van der Waals surface area contributed by atoms with Crippen molar-refractivity contribution in [2.45, 2.75) is 13.0 Å². The predicted molar refractivity (Wildman–Crippen MR) is 67.9 cm³/mol. The first-order chi connectivity index (χ1) is 7.79. The summed E-state index contributed by atoms with van der Waals surface area (Å²) in [5.74, 6) is 0.793. The van der Waals surface area contributed by atoms with Gasteiger partial charge in [0, 0.05) is 26.0 Å². The molecule has 5 nitrogen and oxygen atoms in total. The van der Waals surface area contributed by atoms with E-state index < -0.39 is 15.9 Å². The maximum atomic E-state index is 11.0. The zero-order valence-corrected chi connectivity index (χ0v) is 11.1. The van der Waals surface area contributed by atoms with Gasteiger partial charge in [0.2, 0.25) is 0 Å². The smallest absolute Gasteiger partial charge is 0.149 e. The molecule has 0 saturated carbocycles. The van der Waals surface area contributed by atoms with Gasteiger partial charge in [-0.2, -0.15) is 0 Å². The third-order valence-corrected chi connectivity index (χ3v) is 3.37. The molecule has 0 bridgehead atoms. The van der Waals surface area contributed by atoms with E-state index in [1.807, 2.05) is 0 Å². The summed E-state index contributed by atoms with van der Waals surface area (Å²) in [6.45, 7) is 2.07. The van der Waals surface area contributed by atoms with Crippen LogP contribution in [-0.4, -0.2) is 44.1 Å².